The topological polar surface area (TPSA) is 91.4 Å². The number of hydrogen-bond donors (Lipinski definition) is 3. The molecule has 0 spiro atoms. The van der Waals surface area contributed by atoms with Crippen LogP contribution in [-0.4, -0.2) is 28.1 Å². The number of fused-ring (bicyclic) bond motifs is 1. The fraction of sp³-hybridized carbons (Fsp3) is 0.429. The molecular weight excluding hydrogens is 428 g/mol. The second kappa shape index (κ2) is 10.5. The van der Waals surface area contributed by atoms with Crippen LogP contribution in [0, 0.1) is 5.92 Å². The molecule has 0 aliphatic heterocycles. The summed E-state index contributed by atoms with van der Waals surface area (Å²) in [5, 5.41) is 15.2. The van der Waals surface area contributed by atoms with Crippen LogP contribution in [0.2, 0.25) is 0 Å². The van der Waals surface area contributed by atoms with Crippen LogP contribution in [0.3, 0.4) is 0 Å². The van der Waals surface area contributed by atoms with E-state index in [1.54, 1.807) is 18.2 Å². The molecule has 34 heavy (non-hydrogen) atoms. The monoisotopic (exact) mass is 462 g/mol. The number of H-pyrrole nitrogens is 1. The molecule has 6 nitrogen and oxygen atoms in total. The number of aliphatic hydroxyl groups is 1. The lowest BCUT2D eigenvalue weighted by molar-refractivity contribution is -0.139. The Labute approximate surface area is 200 Å². The van der Waals surface area contributed by atoms with E-state index in [-0.39, 0.29) is 23.0 Å². The minimum atomic E-state index is -0.799. The summed E-state index contributed by atoms with van der Waals surface area (Å²) in [4.78, 5) is 27.6. The summed E-state index contributed by atoms with van der Waals surface area (Å²) in [5.74, 6) is -0.0135. The summed E-state index contributed by atoms with van der Waals surface area (Å²) in [6.07, 6.45) is 4.94. The Morgan fingerprint density at radius 1 is 1.09 bits per heavy atom. The Morgan fingerprint density at radius 3 is 2.56 bits per heavy atom. The maximum absolute atomic E-state index is 12.7. The number of β-amino-alcohol motifs (C(OH)–C–C–N with tert-alkyl or cyclic N) is 1. The number of hydrogen-bond acceptors (Lipinski definition) is 5. The minimum absolute atomic E-state index is 0.0967. The second-order valence-electron chi connectivity index (χ2n) is 9.96. The maximum Gasteiger partial charge on any atom is 0.314 e. The molecule has 0 saturated heterocycles. The third kappa shape index (κ3) is 5.93. The number of aromatic nitrogens is 1. The van der Waals surface area contributed by atoms with E-state index in [2.05, 4.69) is 36.3 Å². The van der Waals surface area contributed by atoms with Crippen molar-refractivity contribution in [1.82, 2.24) is 10.3 Å². The number of pyridine rings is 1. The predicted molar refractivity (Wildman–Crippen MR) is 134 cm³/mol. The van der Waals surface area contributed by atoms with Crippen molar-refractivity contribution in [2.45, 2.75) is 64.0 Å². The highest BCUT2D eigenvalue weighted by Crippen LogP contribution is 2.32. The Morgan fingerprint density at radius 2 is 1.82 bits per heavy atom. The van der Waals surface area contributed by atoms with Crippen LogP contribution in [0.5, 0.6) is 5.75 Å². The van der Waals surface area contributed by atoms with Gasteiger partial charge in [-0.2, -0.15) is 0 Å². The van der Waals surface area contributed by atoms with Gasteiger partial charge < -0.3 is 20.1 Å². The Balaban J connectivity index is 1.51. The molecule has 1 aromatic heterocycles. The van der Waals surface area contributed by atoms with Crippen molar-refractivity contribution in [1.29, 1.82) is 0 Å². The summed E-state index contributed by atoms with van der Waals surface area (Å²) >= 11 is 0. The Hall–Kier alpha value is -2.96. The van der Waals surface area contributed by atoms with Crippen LogP contribution < -0.4 is 15.6 Å². The maximum atomic E-state index is 12.7. The molecular formula is C28H34N2O4. The number of carbonyl (C=O) groups is 1. The van der Waals surface area contributed by atoms with Gasteiger partial charge in [-0.15, -0.1) is 0 Å². The molecule has 2 aromatic carbocycles. The summed E-state index contributed by atoms with van der Waals surface area (Å²) < 4.78 is 5.73. The molecule has 1 atom stereocenters. The number of rotatable bonds is 8. The third-order valence-corrected chi connectivity index (χ3v) is 6.66. The van der Waals surface area contributed by atoms with Gasteiger partial charge in [0.25, 0.3) is 0 Å². The first kappa shape index (κ1) is 24.2. The third-order valence-electron chi connectivity index (χ3n) is 6.66. The minimum Gasteiger partial charge on any atom is -0.424 e. The number of ether oxygens (including phenoxy) is 1. The van der Waals surface area contributed by atoms with Gasteiger partial charge in [0.1, 0.15) is 0 Å². The molecule has 6 heteroatoms. The summed E-state index contributed by atoms with van der Waals surface area (Å²) in [7, 11) is 0. The normalized spacial score (nSPS) is 15.9. The molecule has 1 fully saturated rings. The van der Waals surface area contributed by atoms with E-state index in [4.69, 9.17) is 4.74 Å². The summed E-state index contributed by atoms with van der Waals surface area (Å²) in [6.45, 7) is 4.56. The van der Waals surface area contributed by atoms with Crippen molar-refractivity contribution in [3.63, 3.8) is 0 Å². The molecule has 3 N–H and O–H groups in total. The van der Waals surface area contributed by atoms with Crippen LogP contribution in [-0.2, 0) is 11.2 Å². The number of nitrogens with one attached hydrogen (secondary N) is 2. The van der Waals surface area contributed by atoms with Crippen molar-refractivity contribution < 1.29 is 14.6 Å². The molecule has 1 aliphatic rings. The van der Waals surface area contributed by atoms with Gasteiger partial charge in [-0.1, -0.05) is 55.7 Å². The average Bonchev–Trinajstić information content (AvgIpc) is 2.83. The van der Waals surface area contributed by atoms with E-state index in [0.717, 1.165) is 38.5 Å². The molecule has 3 aromatic rings. The van der Waals surface area contributed by atoms with Crippen molar-refractivity contribution in [2.24, 2.45) is 5.92 Å². The number of carbonyl (C=O) groups excluding carboxylic acids is 1. The van der Waals surface area contributed by atoms with Crippen LogP contribution >= 0.6 is 0 Å². The average molecular weight is 463 g/mol. The zero-order valence-corrected chi connectivity index (χ0v) is 20.0. The summed E-state index contributed by atoms with van der Waals surface area (Å²) in [5.41, 5.74) is 1.84. The van der Waals surface area contributed by atoms with Crippen molar-refractivity contribution >= 4 is 16.9 Å². The van der Waals surface area contributed by atoms with E-state index in [0.29, 0.717) is 28.8 Å². The highest BCUT2D eigenvalue weighted by atomic mass is 16.5. The molecule has 0 bridgehead atoms. The van der Waals surface area contributed by atoms with Gasteiger partial charge in [0, 0.05) is 23.5 Å². The van der Waals surface area contributed by atoms with E-state index in [1.807, 2.05) is 18.2 Å². The van der Waals surface area contributed by atoms with Gasteiger partial charge >= 0.3 is 5.97 Å². The quantitative estimate of drug-likeness (QED) is 0.335. The SMILES string of the molecule is CC(C)(Cc1ccccc1)NCC(O)c1ccc(OC(=O)C2CCCCC2)c2[nH]c(=O)ccc12. The molecule has 4 rings (SSSR count). The molecule has 1 aliphatic carbocycles. The lowest BCUT2D eigenvalue weighted by Gasteiger charge is -2.28. The lowest BCUT2D eigenvalue weighted by Crippen LogP contribution is -2.43. The molecule has 1 saturated carbocycles. The second-order valence-corrected chi connectivity index (χ2v) is 9.96. The van der Waals surface area contributed by atoms with Crippen LogP contribution in [0.25, 0.3) is 10.9 Å². The fourth-order valence-corrected chi connectivity index (χ4v) is 4.81. The number of aromatic amines is 1. The van der Waals surface area contributed by atoms with Gasteiger partial charge in [-0.05, 0) is 56.4 Å². The van der Waals surface area contributed by atoms with Crippen LogP contribution in [0.4, 0.5) is 0 Å². The fourth-order valence-electron chi connectivity index (χ4n) is 4.81. The Kier molecular flexibility index (Phi) is 7.49. The number of aliphatic hydroxyl groups excluding tert-OH is 1. The van der Waals surface area contributed by atoms with Crippen LogP contribution in [0.15, 0.2) is 59.4 Å². The van der Waals surface area contributed by atoms with Gasteiger partial charge in [-0.25, -0.2) is 0 Å². The molecule has 1 heterocycles. The first-order chi connectivity index (χ1) is 16.3. The van der Waals surface area contributed by atoms with Crippen LogP contribution in [0.1, 0.15) is 63.2 Å². The van der Waals surface area contributed by atoms with Crippen molar-refractivity contribution in [3.05, 3.63) is 76.1 Å². The molecule has 180 valence electrons. The van der Waals surface area contributed by atoms with Gasteiger partial charge in [0.2, 0.25) is 5.56 Å². The molecule has 1 unspecified atom stereocenters. The lowest BCUT2D eigenvalue weighted by atomic mass is 9.89. The van der Waals surface area contributed by atoms with E-state index in [1.165, 1.54) is 11.6 Å². The standard InChI is InChI=1S/C28H34N2O4/c1-28(2,17-19-9-5-3-6-10-19)29-18-23(31)21-13-15-24(26-22(21)14-16-25(32)30-26)34-27(33)20-11-7-4-8-12-20/h3,5-6,9-10,13-16,20,23,29,31H,4,7-8,11-12,17-18H2,1-2H3,(H,30,32). The highest BCUT2D eigenvalue weighted by Gasteiger charge is 2.25. The number of benzene rings is 2. The largest absolute Gasteiger partial charge is 0.424 e. The van der Waals surface area contributed by atoms with Crippen molar-refractivity contribution in [3.8, 4) is 5.75 Å². The van der Waals surface area contributed by atoms with E-state index < -0.39 is 6.10 Å². The smallest absolute Gasteiger partial charge is 0.314 e. The van der Waals surface area contributed by atoms with Crippen molar-refractivity contribution in [2.75, 3.05) is 6.54 Å². The van der Waals surface area contributed by atoms with E-state index >= 15 is 0 Å². The highest BCUT2D eigenvalue weighted by molar-refractivity contribution is 5.90. The zero-order chi connectivity index (χ0) is 24.1. The number of esters is 1. The molecule has 0 amide bonds. The molecule has 0 radical (unpaired) electrons. The first-order valence-corrected chi connectivity index (χ1v) is 12.2. The van der Waals surface area contributed by atoms with Gasteiger partial charge in [0.15, 0.2) is 5.75 Å². The van der Waals surface area contributed by atoms with E-state index in [9.17, 15) is 14.7 Å². The van der Waals surface area contributed by atoms with Gasteiger partial charge in [0.05, 0.1) is 17.5 Å². The zero-order valence-electron chi connectivity index (χ0n) is 20.0. The first-order valence-electron chi connectivity index (χ1n) is 12.2. The van der Waals surface area contributed by atoms with Gasteiger partial charge in [-0.3, -0.25) is 9.59 Å². The summed E-state index contributed by atoms with van der Waals surface area (Å²) in [6, 6.07) is 16.8. The predicted octanol–water partition coefficient (Wildman–Crippen LogP) is 4.66. The Bertz CT molecular complexity index is 1180.